The Morgan fingerprint density at radius 1 is 1.33 bits per heavy atom. The number of nitrogens with two attached hydrogens (primary N) is 1. The molecule has 1 aromatic carbocycles. The molecule has 2 N–H and O–H groups in total. The van der Waals surface area contributed by atoms with Gasteiger partial charge in [0.1, 0.15) is 11.6 Å². The summed E-state index contributed by atoms with van der Waals surface area (Å²) in [7, 11) is 0. The number of pyridine rings is 1. The molecule has 0 saturated heterocycles. The van der Waals surface area contributed by atoms with Gasteiger partial charge in [-0.1, -0.05) is 18.6 Å². The van der Waals surface area contributed by atoms with Crippen LogP contribution in [0.3, 0.4) is 0 Å². The quantitative estimate of drug-likeness (QED) is 0.622. The Labute approximate surface area is 147 Å². The predicted molar refractivity (Wildman–Crippen MR) is 93.7 cm³/mol. The number of carbonyl (C=O) groups is 1. The summed E-state index contributed by atoms with van der Waals surface area (Å²) in [5.74, 6) is 0.430. The van der Waals surface area contributed by atoms with Crippen LogP contribution < -0.4 is 5.73 Å². The fourth-order valence-electron chi connectivity index (χ4n) is 3.14. The first-order valence-electron chi connectivity index (χ1n) is 7.60. The molecule has 0 atom stereocenters. The molecule has 1 fully saturated rings. The molecule has 7 heteroatoms. The molecule has 1 heterocycles. The van der Waals surface area contributed by atoms with Crippen LogP contribution in [0.5, 0.6) is 0 Å². The lowest BCUT2D eigenvalue weighted by Crippen LogP contribution is -2.43. The zero-order valence-electron chi connectivity index (χ0n) is 12.9. The molecule has 1 aliphatic rings. The molecule has 0 spiro atoms. The number of Topliss-reactive ketones (excluding diaryl/α,β-unsaturated/α-hetero) is 1. The summed E-state index contributed by atoms with van der Waals surface area (Å²) in [5.41, 5.74) is 6.87. The maximum absolute atomic E-state index is 13.0. The van der Waals surface area contributed by atoms with Crippen molar-refractivity contribution in [1.82, 2.24) is 4.98 Å². The largest absolute Gasteiger partial charge is 0.383 e. The minimum Gasteiger partial charge on any atom is -0.383 e. The molecule has 0 amide bonds. The van der Waals surface area contributed by atoms with Crippen molar-refractivity contribution in [2.75, 3.05) is 5.73 Å². The van der Waals surface area contributed by atoms with Gasteiger partial charge in [-0.15, -0.1) is 0 Å². The molecule has 2 aromatic rings. The number of anilines is 1. The van der Waals surface area contributed by atoms with E-state index in [4.69, 9.17) is 5.73 Å². The number of benzene rings is 1. The summed E-state index contributed by atoms with van der Waals surface area (Å²) in [6.07, 6.45) is 4.28. The maximum Gasteiger partial charge on any atom is 0.269 e. The molecule has 3 rings (SSSR count). The SMILES string of the molecule is Nc1ncc(Br)cc1CC(=O)C1(c2ccc([N+](=O)[O-])cc2)CCC1. The zero-order chi connectivity index (χ0) is 17.3. The first-order valence-corrected chi connectivity index (χ1v) is 8.40. The Morgan fingerprint density at radius 3 is 2.54 bits per heavy atom. The van der Waals surface area contributed by atoms with E-state index in [1.807, 2.05) is 6.07 Å². The third kappa shape index (κ3) is 2.91. The number of nitrogen functional groups attached to an aromatic ring is 1. The standard InChI is InChI=1S/C17H16BrN3O3/c18-13-8-11(16(19)20-10-13)9-15(22)17(6-1-7-17)12-2-4-14(5-3-12)21(23)24/h2-5,8,10H,1,6-7,9H2,(H2,19,20). The number of nitrogens with zero attached hydrogens (tertiary/aromatic N) is 2. The highest BCUT2D eigenvalue weighted by atomic mass is 79.9. The van der Waals surface area contributed by atoms with Gasteiger partial charge in [-0.25, -0.2) is 4.98 Å². The Bertz CT molecular complexity index is 801. The number of non-ortho nitro benzene ring substituents is 1. The number of ketones is 1. The fraction of sp³-hybridized carbons (Fsp3) is 0.294. The monoisotopic (exact) mass is 389 g/mol. The van der Waals surface area contributed by atoms with Crippen molar-refractivity contribution in [2.24, 2.45) is 0 Å². The normalized spacial score (nSPS) is 15.5. The first-order chi connectivity index (χ1) is 11.4. The van der Waals surface area contributed by atoms with Gasteiger partial charge in [0, 0.05) is 34.8 Å². The van der Waals surface area contributed by atoms with Crippen LogP contribution in [0.15, 0.2) is 41.0 Å². The second-order valence-electron chi connectivity index (χ2n) is 6.04. The number of carbonyl (C=O) groups excluding carboxylic acids is 1. The molecule has 0 aliphatic heterocycles. The summed E-state index contributed by atoms with van der Waals surface area (Å²) >= 11 is 3.34. The zero-order valence-corrected chi connectivity index (χ0v) is 14.5. The van der Waals surface area contributed by atoms with Crippen LogP contribution in [0.25, 0.3) is 0 Å². The average Bonchev–Trinajstić information content (AvgIpc) is 2.50. The van der Waals surface area contributed by atoms with E-state index in [9.17, 15) is 14.9 Å². The third-order valence-corrected chi connectivity index (χ3v) is 5.12. The van der Waals surface area contributed by atoms with Gasteiger partial charge in [-0.3, -0.25) is 14.9 Å². The lowest BCUT2D eigenvalue weighted by Gasteiger charge is -2.41. The van der Waals surface area contributed by atoms with E-state index in [-0.39, 0.29) is 17.9 Å². The highest BCUT2D eigenvalue weighted by Gasteiger charge is 2.45. The van der Waals surface area contributed by atoms with Crippen molar-refractivity contribution < 1.29 is 9.72 Å². The van der Waals surface area contributed by atoms with E-state index in [2.05, 4.69) is 20.9 Å². The summed E-state index contributed by atoms with van der Waals surface area (Å²) in [6, 6.07) is 8.10. The van der Waals surface area contributed by atoms with Crippen molar-refractivity contribution >= 4 is 33.2 Å². The van der Waals surface area contributed by atoms with Crippen molar-refractivity contribution in [2.45, 2.75) is 31.1 Å². The van der Waals surface area contributed by atoms with E-state index in [1.165, 1.54) is 12.1 Å². The fourth-order valence-corrected chi connectivity index (χ4v) is 3.52. The van der Waals surface area contributed by atoms with Crippen LogP contribution in [-0.4, -0.2) is 15.7 Å². The summed E-state index contributed by atoms with van der Waals surface area (Å²) in [4.78, 5) is 27.4. The van der Waals surface area contributed by atoms with Gasteiger partial charge < -0.3 is 5.73 Å². The number of nitro groups is 1. The Kier molecular flexibility index (Phi) is 4.36. The average molecular weight is 390 g/mol. The number of hydrogen-bond donors (Lipinski definition) is 1. The topological polar surface area (TPSA) is 99.1 Å². The number of nitro benzene ring substituents is 1. The second kappa shape index (κ2) is 6.32. The van der Waals surface area contributed by atoms with E-state index in [0.29, 0.717) is 11.4 Å². The molecule has 1 saturated carbocycles. The van der Waals surface area contributed by atoms with Crippen LogP contribution in [-0.2, 0) is 16.6 Å². The Morgan fingerprint density at radius 2 is 2.00 bits per heavy atom. The highest BCUT2D eigenvalue weighted by Crippen LogP contribution is 2.45. The van der Waals surface area contributed by atoms with Crippen LogP contribution in [0.2, 0.25) is 0 Å². The summed E-state index contributed by atoms with van der Waals surface area (Å²) in [6.45, 7) is 0. The minimum absolute atomic E-state index is 0.0288. The first kappa shape index (κ1) is 16.6. The molecule has 0 bridgehead atoms. The molecule has 6 nitrogen and oxygen atoms in total. The Hall–Kier alpha value is -2.28. The van der Waals surface area contributed by atoms with Crippen molar-refractivity contribution in [3.63, 3.8) is 0 Å². The molecule has 24 heavy (non-hydrogen) atoms. The number of hydrogen-bond acceptors (Lipinski definition) is 5. The molecule has 1 aliphatic carbocycles. The van der Waals surface area contributed by atoms with E-state index in [0.717, 1.165) is 29.3 Å². The van der Waals surface area contributed by atoms with E-state index >= 15 is 0 Å². The maximum atomic E-state index is 13.0. The summed E-state index contributed by atoms with van der Waals surface area (Å²) in [5, 5.41) is 10.8. The van der Waals surface area contributed by atoms with Gasteiger partial charge in [0.2, 0.25) is 0 Å². The van der Waals surface area contributed by atoms with Crippen molar-refractivity contribution in [3.05, 3.63) is 62.2 Å². The van der Waals surface area contributed by atoms with Gasteiger partial charge in [-0.2, -0.15) is 0 Å². The number of aromatic nitrogens is 1. The second-order valence-corrected chi connectivity index (χ2v) is 6.95. The molecule has 0 radical (unpaired) electrons. The Balaban J connectivity index is 1.88. The lowest BCUT2D eigenvalue weighted by molar-refractivity contribution is -0.384. The summed E-state index contributed by atoms with van der Waals surface area (Å²) < 4.78 is 0.775. The third-order valence-electron chi connectivity index (χ3n) is 4.69. The smallest absolute Gasteiger partial charge is 0.269 e. The van der Waals surface area contributed by atoms with Gasteiger partial charge in [0.15, 0.2) is 0 Å². The van der Waals surface area contributed by atoms with Gasteiger partial charge in [-0.05, 0) is 40.4 Å². The van der Waals surface area contributed by atoms with Crippen LogP contribution in [0.4, 0.5) is 11.5 Å². The number of halogens is 1. The van der Waals surface area contributed by atoms with Crippen LogP contribution in [0, 0.1) is 10.1 Å². The van der Waals surface area contributed by atoms with Gasteiger partial charge >= 0.3 is 0 Å². The predicted octanol–water partition coefficient (Wildman–Crippen LogP) is 3.57. The van der Waals surface area contributed by atoms with Crippen molar-refractivity contribution in [3.8, 4) is 0 Å². The molecular weight excluding hydrogens is 374 g/mol. The minimum atomic E-state index is -0.566. The van der Waals surface area contributed by atoms with Crippen LogP contribution >= 0.6 is 15.9 Å². The highest BCUT2D eigenvalue weighted by molar-refractivity contribution is 9.10. The van der Waals surface area contributed by atoms with E-state index < -0.39 is 10.3 Å². The lowest BCUT2D eigenvalue weighted by atomic mass is 9.61. The van der Waals surface area contributed by atoms with E-state index in [1.54, 1.807) is 18.3 Å². The molecular formula is C17H16BrN3O3. The molecule has 124 valence electrons. The molecule has 1 aromatic heterocycles. The van der Waals surface area contributed by atoms with Crippen LogP contribution in [0.1, 0.15) is 30.4 Å². The van der Waals surface area contributed by atoms with Gasteiger partial charge in [0.25, 0.3) is 5.69 Å². The molecule has 0 unspecified atom stereocenters. The van der Waals surface area contributed by atoms with Crippen molar-refractivity contribution in [1.29, 1.82) is 0 Å². The number of rotatable bonds is 5. The van der Waals surface area contributed by atoms with Gasteiger partial charge in [0.05, 0.1) is 10.3 Å².